The van der Waals surface area contributed by atoms with E-state index in [9.17, 15) is 0 Å². The maximum absolute atomic E-state index is 8.58. The van der Waals surface area contributed by atoms with Crippen molar-refractivity contribution in [3.05, 3.63) is 35.4 Å². The van der Waals surface area contributed by atoms with Crippen molar-refractivity contribution in [2.24, 2.45) is 10.9 Å². The summed E-state index contributed by atoms with van der Waals surface area (Å²) in [6.45, 7) is 3.66. The van der Waals surface area contributed by atoms with Gasteiger partial charge in [0.1, 0.15) is 0 Å². The molecule has 0 heterocycles. The van der Waals surface area contributed by atoms with Crippen LogP contribution in [0.1, 0.15) is 30.9 Å². The maximum Gasteiger partial charge on any atom is 0.170 e. The van der Waals surface area contributed by atoms with Crippen molar-refractivity contribution < 1.29 is 9.94 Å². The molecule has 19 heavy (non-hydrogen) atoms. The molecule has 1 aliphatic rings. The summed E-state index contributed by atoms with van der Waals surface area (Å²) in [5.41, 5.74) is 7.43. The van der Waals surface area contributed by atoms with Gasteiger partial charge in [0.15, 0.2) is 5.84 Å². The third kappa shape index (κ3) is 3.68. The Morgan fingerprint density at radius 2 is 2.11 bits per heavy atom. The average molecular weight is 263 g/mol. The van der Waals surface area contributed by atoms with Gasteiger partial charge in [-0.25, -0.2) is 0 Å². The molecule has 0 radical (unpaired) electrons. The Balaban J connectivity index is 1.75. The highest BCUT2D eigenvalue weighted by molar-refractivity contribution is 5.96. The molecule has 4 N–H and O–H groups in total. The number of hydrogen-bond acceptors (Lipinski definition) is 4. The molecule has 0 spiro atoms. The van der Waals surface area contributed by atoms with Crippen molar-refractivity contribution in [3.63, 3.8) is 0 Å². The number of oxime groups is 1. The minimum atomic E-state index is 0.137. The summed E-state index contributed by atoms with van der Waals surface area (Å²) in [5, 5.41) is 15.1. The van der Waals surface area contributed by atoms with Crippen molar-refractivity contribution in [3.8, 4) is 0 Å². The lowest BCUT2D eigenvalue weighted by Gasteiger charge is -2.35. The van der Waals surface area contributed by atoms with E-state index >= 15 is 0 Å². The Hall–Kier alpha value is -1.59. The van der Waals surface area contributed by atoms with Crippen LogP contribution in [-0.4, -0.2) is 29.8 Å². The van der Waals surface area contributed by atoms with Crippen molar-refractivity contribution in [1.29, 1.82) is 0 Å². The van der Waals surface area contributed by atoms with Crippen LogP contribution in [0, 0.1) is 0 Å². The van der Waals surface area contributed by atoms with Gasteiger partial charge in [0.05, 0.1) is 6.10 Å². The molecule has 0 bridgehead atoms. The standard InChI is InChI=1S/C14H21N3O2/c1-2-19-13-7-12(8-13)16-9-10-3-5-11(6-4-10)14(15)17-18/h3-6,12-13,16,18H,2,7-9H2,1H3,(H2,15,17). The molecule has 0 saturated heterocycles. The van der Waals surface area contributed by atoms with E-state index in [2.05, 4.69) is 10.5 Å². The van der Waals surface area contributed by atoms with E-state index in [-0.39, 0.29) is 5.84 Å². The van der Waals surface area contributed by atoms with Crippen LogP contribution in [0.25, 0.3) is 0 Å². The number of amidine groups is 1. The fraction of sp³-hybridized carbons (Fsp3) is 0.500. The lowest BCUT2D eigenvalue weighted by atomic mass is 9.89. The first-order valence-electron chi connectivity index (χ1n) is 6.64. The van der Waals surface area contributed by atoms with Crippen LogP contribution in [0.4, 0.5) is 0 Å². The Labute approximate surface area is 113 Å². The Kier molecular flexibility index (Phi) is 4.76. The van der Waals surface area contributed by atoms with E-state index in [0.717, 1.165) is 31.6 Å². The largest absolute Gasteiger partial charge is 0.409 e. The van der Waals surface area contributed by atoms with Gasteiger partial charge in [-0.1, -0.05) is 29.4 Å². The number of nitrogens with zero attached hydrogens (tertiary/aromatic N) is 1. The molecule has 0 aliphatic heterocycles. The van der Waals surface area contributed by atoms with Crippen LogP contribution < -0.4 is 11.1 Å². The number of benzene rings is 1. The molecule has 0 aromatic heterocycles. The second-order valence-corrected chi connectivity index (χ2v) is 4.81. The van der Waals surface area contributed by atoms with Gasteiger partial charge in [-0.05, 0) is 25.3 Å². The van der Waals surface area contributed by atoms with Gasteiger partial charge < -0.3 is 21.0 Å². The third-order valence-corrected chi connectivity index (χ3v) is 3.45. The topological polar surface area (TPSA) is 79.9 Å². The van der Waals surface area contributed by atoms with E-state index in [4.69, 9.17) is 15.7 Å². The summed E-state index contributed by atoms with van der Waals surface area (Å²) in [7, 11) is 0. The number of hydrogen-bond donors (Lipinski definition) is 3. The van der Waals surface area contributed by atoms with Crippen LogP contribution in [0.15, 0.2) is 29.4 Å². The predicted molar refractivity (Wildman–Crippen MR) is 74.2 cm³/mol. The fourth-order valence-corrected chi connectivity index (χ4v) is 2.22. The van der Waals surface area contributed by atoms with Crippen LogP contribution in [-0.2, 0) is 11.3 Å². The van der Waals surface area contributed by atoms with Gasteiger partial charge in [-0.3, -0.25) is 0 Å². The first kappa shape index (κ1) is 13.8. The van der Waals surface area contributed by atoms with E-state index in [1.54, 1.807) is 0 Å². The highest BCUT2D eigenvalue weighted by Crippen LogP contribution is 2.23. The van der Waals surface area contributed by atoms with Gasteiger partial charge in [-0.15, -0.1) is 0 Å². The zero-order valence-corrected chi connectivity index (χ0v) is 11.2. The highest BCUT2D eigenvalue weighted by atomic mass is 16.5. The molecule has 1 aromatic carbocycles. The Morgan fingerprint density at radius 3 is 2.68 bits per heavy atom. The van der Waals surface area contributed by atoms with Crippen molar-refractivity contribution in [1.82, 2.24) is 5.32 Å². The SMILES string of the molecule is CCOC1CC(NCc2ccc(/C(N)=N/O)cc2)C1. The third-order valence-electron chi connectivity index (χ3n) is 3.45. The minimum absolute atomic E-state index is 0.137. The fourth-order valence-electron chi connectivity index (χ4n) is 2.22. The molecular formula is C14H21N3O2. The smallest absolute Gasteiger partial charge is 0.170 e. The van der Waals surface area contributed by atoms with Crippen LogP contribution in [0.5, 0.6) is 0 Å². The number of nitrogens with two attached hydrogens (primary N) is 1. The lowest BCUT2D eigenvalue weighted by Crippen LogP contribution is -2.45. The van der Waals surface area contributed by atoms with Gasteiger partial charge in [0, 0.05) is 24.8 Å². The van der Waals surface area contributed by atoms with E-state index < -0.39 is 0 Å². The van der Waals surface area contributed by atoms with Gasteiger partial charge in [-0.2, -0.15) is 0 Å². The molecular weight excluding hydrogens is 242 g/mol. The molecule has 0 amide bonds. The average Bonchev–Trinajstić information content (AvgIpc) is 2.41. The molecule has 5 nitrogen and oxygen atoms in total. The molecule has 5 heteroatoms. The van der Waals surface area contributed by atoms with Crippen LogP contribution in [0.3, 0.4) is 0 Å². The van der Waals surface area contributed by atoms with Crippen molar-refractivity contribution in [2.45, 2.75) is 38.5 Å². The number of ether oxygens (including phenoxy) is 1. The summed E-state index contributed by atoms with van der Waals surface area (Å²) >= 11 is 0. The second kappa shape index (κ2) is 6.54. The van der Waals surface area contributed by atoms with Crippen LogP contribution >= 0.6 is 0 Å². The van der Waals surface area contributed by atoms with Crippen LogP contribution in [0.2, 0.25) is 0 Å². The van der Waals surface area contributed by atoms with E-state index in [1.807, 2.05) is 31.2 Å². The van der Waals surface area contributed by atoms with Gasteiger partial charge in [0.2, 0.25) is 0 Å². The number of nitrogens with one attached hydrogen (secondary N) is 1. The molecule has 1 fully saturated rings. The molecule has 1 aromatic rings. The molecule has 1 aliphatic carbocycles. The zero-order valence-electron chi connectivity index (χ0n) is 11.2. The molecule has 1 saturated carbocycles. The Bertz CT molecular complexity index is 425. The first-order valence-corrected chi connectivity index (χ1v) is 6.64. The summed E-state index contributed by atoms with van der Waals surface area (Å²) in [6.07, 6.45) is 2.62. The second-order valence-electron chi connectivity index (χ2n) is 4.81. The zero-order chi connectivity index (χ0) is 13.7. The monoisotopic (exact) mass is 263 g/mol. The highest BCUT2D eigenvalue weighted by Gasteiger charge is 2.28. The van der Waals surface area contributed by atoms with Gasteiger partial charge in [0.25, 0.3) is 0 Å². The maximum atomic E-state index is 8.58. The molecule has 0 atom stereocenters. The first-order chi connectivity index (χ1) is 9.22. The molecule has 2 rings (SSSR count). The van der Waals surface area contributed by atoms with E-state index in [1.165, 1.54) is 5.56 Å². The normalized spacial score (nSPS) is 23.1. The van der Waals surface area contributed by atoms with Crippen molar-refractivity contribution >= 4 is 5.84 Å². The minimum Gasteiger partial charge on any atom is -0.409 e. The predicted octanol–water partition coefficient (Wildman–Crippen LogP) is 1.44. The summed E-state index contributed by atoms with van der Waals surface area (Å²) < 4.78 is 5.52. The molecule has 0 unspecified atom stereocenters. The lowest BCUT2D eigenvalue weighted by molar-refractivity contribution is -0.0102. The molecule has 104 valence electrons. The Morgan fingerprint density at radius 1 is 1.42 bits per heavy atom. The quantitative estimate of drug-likeness (QED) is 0.314. The van der Waals surface area contributed by atoms with Gasteiger partial charge >= 0.3 is 0 Å². The van der Waals surface area contributed by atoms with E-state index in [0.29, 0.717) is 12.1 Å². The van der Waals surface area contributed by atoms with Crippen molar-refractivity contribution in [2.75, 3.05) is 6.61 Å². The number of rotatable bonds is 6. The summed E-state index contributed by atoms with van der Waals surface area (Å²) in [4.78, 5) is 0. The summed E-state index contributed by atoms with van der Waals surface area (Å²) in [5.74, 6) is 0.137. The summed E-state index contributed by atoms with van der Waals surface area (Å²) in [6, 6.07) is 8.24.